The number of piperidine rings is 1. The molecule has 0 radical (unpaired) electrons. The van der Waals surface area contributed by atoms with Gasteiger partial charge in [0, 0.05) is 55.7 Å². The maximum atomic E-state index is 4.57. The third kappa shape index (κ3) is 3.62. The number of hydrogen-bond donors (Lipinski definition) is 1. The van der Waals surface area contributed by atoms with Crippen LogP contribution in [0.2, 0.25) is 0 Å². The lowest BCUT2D eigenvalue weighted by molar-refractivity contribution is 0.0943. The van der Waals surface area contributed by atoms with Crippen molar-refractivity contribution in [1.82, 2.24) is 25.0 Å². The van der Waals surface area contributed by atoms with Crippen molar-refractivity contribution in [3.05, 3.63) is 47.0 Å². The third-order valence-electron chi connectivity index (χ3n) is 5.74. The highest BCUT2D eigenvalue weighted by Crippen LogP contribution is 2.29. The van der Waals surface area contributed by atoms with Crippen LogP contribution in [-0.2, 0) is 19.5 Å². The van der Waals surface area contributed by atoms with Gasteiger partial charge in [-0.15, -0.1) is 0 Å². The zero-order chi connectivity index (χ0) is 17.2. The van der Waals surface area contributed by atoms with Crippen LogP contribution in [0.1, 0.15) is 55.1 Å². The van der Waals surface area contributed by atoms with Crippen LogP contribution in [0.25, 0.3) is 0 Å². The van der Waals surface area contributed by atoms with Gasteiger partial charge in [0.1, 0.15) is 0 Å². The van der Waals surface area contributed by atoms with E-state index in [2.05, 4.69) is 44.9 Å². The van der Waals surface area contributed by atoms with Crippen LogP contribution in [0.3, 0.4) is 0 Å². The lowest BCUT2D eigenvalue weighted by Crippen LogP contribution is -2.46. The summed E-state index contributed by atoms with van der Waals surface area (Å²) >= 11 is 0. The molecule has 2 aliphatic rings. The fourth-order valence-electron chi connectivity index (χ4n) is 4.32. The molecule has 0 unspecified atom stereocenters. The van der Waals surface area contributed by atoms with E-state index in [4.69, 9.17) is 0 Å². The zero-order valence-corrected chi connectivity index (χ0v) is 15.4. The molecule has 2 aromatic rings. The molecule has 5 heteroatoms. The van der Waals surface area contributed by atoms with Gasteiger partial charge in [0.15, 0.2) is 0 Å². The van der Waals surface area contributed by atoms with Crippen LogP contribution in [0.5, 0.6) is 0 Å². The summed E-state index contributed by atoms with van der Waals surface area (Å²) in [5.74, 6) is 0.501. The Labute approximate surface area is 150 Å². The second-order valence-electron chi connectivity index (χ2n) is 7.81. The number of hydrogen-bond acceptors (Lipinski definition) is 4. The smallest absolute Gasteiger partial charge is 0.0695 e. The standard InChI is InChI=1S/C20H29N5/c1-15(2)20-18-14-25(11-7-19(18)22-23-20)17-5-9-24(10-6-17)13-16-4-3-8-21-12-16/h3-4,8,12,15,17H,5-7,9-11,13-14H2,1-2H3,(H,22,23). The first kappa shape index (κ1) is 16.7. The maximum Gasteiger partial charge on any atom is 0.0695 e. The number of H-pyrrole nitrogens is 1. The second-order valence-corrected chi connectivity index (χ2v) is 7.81. The monoisotopic (exact) mass is 339 g/mol. The van der Waals surface area contributed by atoms with Crippen LogP contribution >= 0.6 is 0 Å². The van der Waals surface area contributed by atoms with E-state index in [0.717, 1.165) is 19.5 Å². The Morgan fingerprint density at radius 2 is 2.08 bits per heavy atom. The van der Waals surface area contributed by atoms with Crippen molar-refractivity contribution in [3.63, 3.8) is 0 Å². The van der Waals surface area contributed by atoms with Crippen LogP contribution in [0, 0.1) is 0 Å². The Bertz CT molecular complexity index is 685. The molecule has 1 saturated heterocycles. The maximum absolute atomic E-state index is 4.57. The third-order valence-corrected chi connectivity index (χ3v) is 5.74. The topological polar surface area (TPSA) is 48.1 Å². The van der Waals surface area contributed by atoms with E-state index in [-0.39, 0.29) is 0 Å². The molecule has 2 aliphatic heterocycles. The highest BCUT2D eigenvalue weighted by molar-refractivity contribution is 5.29. The summed E-state index contributed by atoms with van der Waals surface area (Å²) < 4.78 is 0. The van der Waals surface area contributed by atoms with E-state index in [0.29, 0.717) is 12.0 Å². The van der Waals surface area contributed by atoms with E-state index in [1.54, 1.807) is 0 Å². The van der Waals surface area contributed by atoms with E-state index < -0.39 is 0 Å². The summed E-state index contributed by atoms with van der Waals surface area (Å²) in [5, 5.41) is 7.84. The van der Waals surface area contributed by atoms with Gasteiger partial charge in [0.05, 0.1) is 5.69 Å². The molecule has 25 heavy (non-hydrogen) atoms. The number of likely N-dealkylation sites (tertiary alicyclic amines) is 1. The molecule has 4 rings (SSSR count). The molecule has 0 aliphatic carbocycles. The number of nitrogens with zero attached hydrogens (tertiary/aromatic N) is 4. The van der Waals surface area contributed by atoms with E-state index in [9.17, 15) is 0 Å². The summed E-state index contributed by atoms with van der Waals surface area (Å²) in [6, 6.07) is 4.93. The second kappa shape index (κ2) is 7.26. The number of aromatic amines is 1. The van der Waals surface area contributed by atoms with Gasteiger partial charge in [-0.1, -0.05) is 19.9 Å². The molecule has 134 valence electrons. The average Bonchev–Trinajstić information content (AvgIpc) is 3.07. The van der Waals surface area contributed by atoms with Gasteiger partial charge in [-0.2, -0.15) is 5.10 Å². The van der Waals surface area contributed by atoms with Gasteiger partial charge in [0.2, 0.25) is 0 Å². The summed E-state index contributed by atoms with van der Waals surface area (Å²) in [6.45, 7) is 10.1. The molecular formula is C20H29N5. The minimum atomic E-state index is 0.501. The summed E-state index contributed by atoms with van der Waals surface area (Å²) in [5.41, 5.74) is 5.44. The van der Waals surface area contributed by atoms with Crippen LogP contribution in [-0.4, -0.2) is 50.7 Å². The molecule has 0 spiro atoms. The lowest BCUT2D eigenvalue weighted by atomic mass is 9.95. The summed E-state index contributed by atoms with van der Waals surface area (Å²) in [7, 11) is 0. The van der Waals surface area contributed by atoms with Crippen molar-refractivity contribution < 1.29 is 0 Å². The van der Waals surface area contributed by atoms with Gasteiger partial charge in [-0.3, -0.25) is 19.9 Å². The van der Waals surface area contributed by atoms with Crippen molar-refractivity contribution >= 4 is 0 Å². The molecule has 1 fully saturated rings. The minimum Gasteiger partial charge on any atom is -0.299 e. The molecule has 0 atom stereocenters. The largest absolute Gasteiger partial charge is 0.299 e. The molecule has 1 N–H and O–H groups in total. The predicted octanol–water partition coefficient (Wildman–Crippen LogP) is 2.95. The highest BCUT2D eigenvalue weighted by Gasteiger charge is 2.30. The van der Waals surface area contributed by atoms with E-state index in [1.165, 1.54) is 55.0 Å². The molecular weight excluding hydrogens is 310 g/mol. The number of nitrogens with one attached hydrogen (secondary N) is 1. The van der Waals surface area contributed by atoms with Crippen LogP contribution in [0.4, 0.5) is 0 Å². The molecule has 2 aromatic heterocycles. The summed E-state index contributed by atoms with van der Waals surface area (Å²) in [6.07, 6.45) is 7.49. The first-order chi connectivity index (χ1) is 12.2. The van der Waals surface area contributed by atoms with E-state index >= 15 is 0 Å². The first-order valence-corrected chi connectivity index (χ1v) is 9.62. The van der Waals surface area contributed by atoms with Crippen molar-refractivity contribution in [3.8, 4) is 0 Å². The van der Waals surface area contributed by atoms with E-state index in [1.807, 2.05) is 18.5 Å². The normalized spacial score (nSPS) is 20.1. The Balaban J connectivity index is 1.34. The molecule has 0 amide bonds. The van der Waals surface area contributed by atoms with Crippen molar-refractivity contribution in [1.29, 1.82) is 0 Å². The number of fused-ring (bicyclic) bond motifs is 1. The van der Waals surface area contributed by atoms with Gasteiger partial charge in [-0.05, 0) is 43.5 Å². The average molecular weight is 339 g/mol. The lowest BCUT2D eigenvalue weighted by Gasteiger charge is -2.40. The Hall–Kier alpha value is -1.72. The molecule has 5 nitrogen and oxygen atoms in total. The first-order valence-electron chi connectivity index (χ1n) is 9.62. The van der Waals surface area contributed by atoms with Crippen molar-refractivity contribution in [2.75, 3.05) is 19.6 Å². The van der Waals surface area contributed by atoms with Crippen molar-refractivity contribution in [2.24, 2.45) is 0 Å². The molecule has 4 heterocycles. The number of rotatable bonds is 4. The Kier molecular flexibility index (Phi) is 4.86. The van der Waals surface area contributed by atoms with Gasteiger partial charge < -0.3 is 0 Å². The molecule has 0 aromatic carbocycles. The SMILES string of the molecule is CC(C)c1n[nH]c2c1CN(C1CCN(Cc3cccnc3)CC1)CC2. The highest BCUT2D eigenvalue weighted by atomic mass is 15.2. The fourth-order valence-corrected chi connectivity index (χ4v) is 4.32. The molecule has 0 saturated carbocycles. The Morgan fingerprint density at radius 1 is 1.24 bits per heavy atom. The number of aromatic nitrogens is 3. The Morgan fingerprint density at radius 3 is 2.80 bits per heavy atom. The van der Waals surface area contributed by atoms with Crippen LogP contribution < -0.4 is 0 Å². The summed E-state index contributed by atoms with van der Waals surface area (Å²) in [4.78, 5) is 9.50. The zero-order valence-electron chi connectivity index (χ0n) is 15.4. The van der Waals surface area contributed by atoms with Crippen LogP contribution in [0.15, 0.2) is 24.5 Å². The van der Waals surface area contributed by atoms with Gasteiger partial charge >= 0.3 is 0 Å². The quantitative estimate of drug-likeness (QED) is 0.930. The van der Waals surface area contributed by atoms with Gasteiger partial charge in [0.25, 0.3) is 0 Å². The molecule has 0 bridgehead atoms. The van der Waals surface area contributed by atoms with Crippen molar-refractivity contribution in [2.45, 2.75) is 58.2 Å². The predicted molar refractivity (Wildman–Crippen MR) is 99.3 cm³/mol. The fraction of sp³-hybridized carbons (Fsp3) is 0.600. The minimum absolute atomic E-state index is 0.501. The van der Waals surface area contributed by atoms with Gasteiger partial charge in [-0.25, -0.2) is 0 Å². The number of pyridine rings is 1.